The number of carbonyl (C=O) groups is 2. The van der Waals surface area contributed by atoms with Gasteiger partial charge in [-0.2, -0.15) is 0 Å². The van der Waals surface area contributed by atoms with Gasteiger partial charge in [-0.3, -0.25) is 14.6 Å². The molecular weight excluding hydrogens is 210 g/mol. The second-order valence-electron chi connectivity index (χ2n) is 2.84. The highest BCUT2D eigenvalue weighted by Crippen LogP contribution is 2.05. The number of rotatable bonds is 4. The van der Waals surface area contributed by atoms with Crippen molar-refractivity contribution in [2.45, 2.75) is 6.92 Å². The summed E-state index contributed by atoms with van der Waals surface area (Å²) in [6.45, 7) is 1.54. The van der Waals surface area contributed by atoms with Gasteiger partial charge in [0.15, 0.2) is 11.4 Å². The minimum atomic E-state index is 0.106. The van der Waals surface area contributed by atoms with E-state index in [9.17, 15) is 9.59 Å². The molecule has 0 aliphatic carbocycles. The Morgan fingerprint density at radius 2 is 2.33 bits per heavy atom. The molecule has 0 saturated carbocycles. The average molecular weight is 221 g/mol. The number of aldehydes is 1. The van der Waals surface area contributed by atoms with Crippen molar-refractivity contribution in [3.63, 3.8) is 0 Å². The third-order valence-electron chi connectivity index (χ3n) is 1.62. The Morgan fingerprint density at radius 3 is 2.87 bits per heavy atom. The van der Waals surface area contributed by atoms with Gasteiger partial charge in [-0.05, 0) is 11.6 Å². The zero-order valence-electron chi connectivity index (χ0n) is 8.34. The molecule has 0 bridgehead atoms. The second kappa shape index (κ2) is 6.14. The van der Waals surface area contributed by atoms with E-state index in [4.69, 9.17) is 0 Å². The predicted molar refractivity (Wildman–Crippen MR) is 61.8 cm³/mol. The van der Waals surface area contributed by atoms with Gasteiger partial charge in [0.1, 0.15) is 5.69 Å². The quantitative estimate of drug-likeness (QED) is 0.731. The molecule has 1 aromatic rings. The SMILES string of the molecule is CC(=O)SCC=Cc1ccc(C=O)nc1. The fourth-order valence-corrected chi connectivity index (χ4v) is 1.36. The van der Waals surface area contributed by atoms with Crippen molar-refractivity contribution in [2.75, 3.05) is 5.75 Å². The third-order valence-corrected chi connectivity index (χ3v) is 2.39. The first-order valence-corrected chi connectivity index (χ1v) is 5.42. The summed E-state index contributed by atoms with van der Waals surface area (Å²) in [6, 6.07) is 3.47. The van der Waals surface area contributed by atoms with Crippen molar-refractivity contribution < 1.29 is 9.59 Å². The molecule has 1 aromatic heterocycles. The molecule has 0 amide bonds. The van der Waals surface area contributed by atoms with Gasteiger partial charge >= 0.3 is 0 Å². The van der Waals surface area contributed by atoms with Crippen LogP contribution in [0.5, 0.6) is 0 Å². The van der Waals surface area contributed by atoms with Gasteiger partial charge in [0.25, 0.3) is 0 Å². The second-order valence-corrected chi connectivity index (χ2v) is 4.04. The van der Waals surface area contributed by atoms with E-state index in [0.29, 0.717) is 17.7 Å². The number of aromatic nitrogens is 1. The molecule has 1 heterocycles. The van der Waals surface area contributed by atoms with Gasteiger partial charge in [0.2, 0.25) is 0 Å². The molecule has 0 atom stereocenters. The Kier molecular flexibility index (Phi) is 4.77. The summed E-state index contributed by atoms with van der Waals surface area (Å²) >= 11 is 1.26. The smallest absolute Gasteiger partial charge is 0.186 e. The molecular formula is C11H11NO2S. The molecule has 1 rings (SSSR count). The van der Waals surface area contributed by atoms with Crippen LogP contribution < -0.4 is 0 Å². The van der Waals surface area contributed by atoms with Gasteiger partial charge in [0, 0.05) is 18.9 Å². The first-order chi connectivity index (χ1) is 7.22. The lowest BCUT2D eigenvalue weighted by atomic mass is 10.2. The highest BCUT2D eigenvalue weighted by Gasteiger charge is 1.92. The first kappa shape index (κ1) is 11.7. The van der Waals surface area contributed by atoms with Gasteiger partial charge in [-0.25, -0.2) is 0 Å². The summed E-state index contributed by atoms with van der Waals surface area (Å²) in [7, 11) is 0. The number of hydrogen-bond acceptors (Lipinski definition) is 4. The molecule has 0 saturated heterocycles. The Bertz CT molecular complexity index is 371. The van der Waals surface area contributed by atoms with E-state index in [0.717, 1.165) is 5.56 Å². The van der Waals surface area contributed by atoms with Crippen LogP contribution in [0.3, 0.4) is 0 Å². The third kappa shape index (κ3) is 4.56. The minimum absolute atomic E-state index is 0.106. The van der Waals surface area contributed by atoms with Gasteiger partial charge < -0.3 is 0 Å². The molecule has 0 fully saturated rings. The summed E-state index contributed by atoms with van der Waals surface area (Å²) < 4.78 is 0. The summed E-state index contributed by atoms with van der Waals surface area (Å²) in [5.41, 5.74) is 1.34. The maximum Gasteiger partial charge on any atom is 0.186 e. The largest absolute Gasteiger partial charge is 0.296 e. The Hall–Kier alpha value is -1.42. The molecule has 0 aromatic carbocycles. The lowest BCUT2D eigenvalue weighted by Gasteiger charge is -1.93. The maximum atomic E-state index is 10.6. The van der Waals surface area contributed by atoms with Crippen molar-refractivity contribution in [1.29, 1.82) is 0 Å². The number of carbonyl (C=O) groups excluding carboxylic acids is 2. The van der Waals surface area contributed by atoms with Gasteiger partial charge in [-0.1, -0.05) is 30.0 Å². The Labute approximate surface area is 92.6 Å². The van der Waals surface area contributed by atoms with E-state index in [-0.39, 0.29) is 5.12 Å². The highest BCUT2D eigenvalue weighted by atomic mass is 32.2. The van der Waals surface area contributed by atoms with E-state index in [1.54, 1.807) is 19.2 Å². The molecule has 0 spiro atoms. The van der Waals surface area contributed by atoms with Crippen molar-refractivity contribution in [3.8, 4) is 0 Å². The lowest BCUT2D eigenvalue weighted by molar-refractivity contribution is -0.109. The molecule has 15 heavy (non-hydrogen) atoms. The van der Waals surface area contributed by atoms with Crippen LogP contribution in [-0.2, 0) is 4.79 Å². The number of thioether (sulfide) groups is 1. The van der Waals surface area contributed by atoms with Crippen LogP contribution in [0.1, 0.15) is 23.0 Å². The Balaban J connectivity index is 2.49. The minimum Gasteiger partial charge on any atom is -0.296 e. The van der Waals surface area contributed by atoms with Gasteiger partial charge in [-0.15, -0.1) is 0 Å². The fourth-order valence-electron chi connectivity index (χ4n) is 0.935. The van der Waals surface area contributed by atoms with E-state index < -0.39 is 0 Å². The summed E-state index contributed by atoms with van der Waals surface area (Å²) in [6.07, 6.45) is 6.10. The normalized spacial score (nSPS) is 10.5. The van der Waals surface area contributed by atoms with E-state index in [1.165, 1.54) is 11.8 Å². The molecule has 78 valence electrons. The first-order valence-electron chi connectivity index (χ1n) is 4.43. The number of nitrogens with zero attached hydrogens (tertiary/aromatic N) is 1. The van der Waals surface area contributed by atoms with Crippen LogP contribution in [0.2, 0.25) is 0 Å². The van der Waals surface area contributed by atoms with Crippen LogP contribution in [0.15, 0.2) is 24.4 Å². The van der Waals surface area contributed by atoms with E-state index in [1.807, 2.05) is 18.2 Å². The van der Waals surface area contributed by atoms with Crippen LogP contribution >= 0.6 is 11.8 Å². The molecule has 0 N–H and O–H groups in total. The predicted octanol–water partition coefficient (Wildman–Crippen LogP) is 2.19. The van der Waals surface area contributed by atoms with Crippen molar-refractivity contribution in [2.24, 2.45) is 0 Å². The van der Waals surface area contributed by atoms with Crippen LogP contribution in [0.25, 0.3) is 6.08 Å². The standard InChI is InChI=1S/C11H11NO2S/c1-9(14)15-6-2-3-10-4-5-11(8-13)12-7-10/h2-5,7-8H,6H2,1H3. The van der Waals surface area contributed by atoms with Crippen molar-refractivity contribution in [1.82, 2.24) is 4.98 Å². The molecule has 0 aliphatic heterocycles. The Morgan fingerprint density at radius 1 is 1.53 bits per heavy atom. The molecule has 0 radical (unpaired) electrons. The zero-order chi connectivity index (χ0) is 11.1. The molecule has 0 aliphatic rings. The fraction of sp³-hybridized carbons (Fsp3) is 0.182. The summed E-state index contributed by atoms with van der Waals surface area (Å²) in [4.78, 5) is 24.9. The zero-order valence-corrected chi connectivity index (χ0v) is 9.16. The van der Waals surface area contributed by atoms with Crippen molar-refractivity contribution in [3.05, 3.63) is 35.7 Å². The van der Waals surface area contributed by atoms with Crippen molar-refractivity contribution >= 4 is 29.2 Å². The highest BCUT2D eigenvalue weighted by molar-refractivity contribution is 8.13. The summed E-state index contributed by atoms with van der Waals surface area (Å²) in [5, 5.41) is 0.106. The maximum absolute atomic E-state index is 10.6. The topological polar surface area (TPSA) is 47.0 Å². The summed E-state index contributed by atoms with van der Waals surface area (Å²) in [5.74, 6) is 0.658. The number of pyridine rings is 1. The average Bonchev–Trinajstić information content (AvgIpc) is 2.25. The number of hydrogen-bond donors (Lipinski definition) is 0. The van der Waals surface area contributed by atoms with Crippen LogP contribution in [0, 0.1) is 0 Å². The molecule has 4 heteroatoms. The van der Waals surface area contributed by atoms with E-state index in [2.05, 4.69) is 4.98 Å². The van der Waals surface area contributed by atoms with Gasteiger partial charge in [0.05, 0.1) is 0 Å². The van der Waals surface area contributed by atoms with E-state index >= 15 is 0 Å². The van der Waals surface area contributed by atoms with Crippen LogP contribution in [0.4, 0.5) is 0 Å². The molecule has 3 nitrogen and oxygen atoms in total. The monoisotopic (exact) mass is 221 g/mol. The van der Waals surface area contributed by atoms with Crippen LogP contribution in [-0.4, -0.2) is 22.1 Å². The lowest BCUT2D eigenvalue weighted by Crippen LogP contribution is -1.86. The molecule has 0 unspecified atom stereocenters.